The van der Waals surface area contributed by atoms with Crippen LogP contribution in [0.1, 0.15) is 20.8 Å². The number of hydrogen-bond acceptors (Lipinski definition) is 3. The van der Waals surface area contributed by atoms with Crippen LogP contribution in [0.2, 0.25) is 0 Å². The fourth-order valence-corrected chi connectivity index (χ4v) is 1.64. The van der Waals surface area contributed by atoms with Gasteiger partial charge >= 0.3 is 0 Å². The zero-order valence-electron chi connectivity index (χ0n) is 9.47. The van der Waals surface area contributed by atoms with E-state index < -0.39 is 0 Å². The number of rotatable bonds is 1. The first kappa shape index (κ1) is 10.6. The van der Waals surface area contributed by atoms with Crippen LogP contribution < -0.4 is 0 Å². The zero-order valence-corrected chi connectivity index (χ0v) is 9.47. The molecule has 0 radical (unpaired) electrons. The molecule has 84 valence electrons. The average Bonchev–Trinajstić information content (AvgIpc) is 2.58. The Morgan fingerprint density at radius 2 is 2.06 bits per heavy atom. The summed E-state index contributed by atoms with van der Waals surface area (Å²) in [4.78, 5) is 14.5. The van der Waals surface area contributed by atoms with E-state index in [1.54, 1.807) is 18.5 Å². The maximum absolute atomic E-state index is 10.7. The molecule has 0 fully saturated rings. The Morgan fingerprint density at radius 1 is 1.38 bits per heavy atom. The van der Waals surface area contributed by atoms with Crippen molar-refractivity contribution < 1.29 is 4.92 Å². The van der Waals surface area contributed by atoms with E-state index in [9.17, 15) is 10.1 Å². The van der Waals surface area contributed by atoms with Crippen molar-refractivity contribution in [3.8, 4) is 0 Å². The molecular weight excluding hydrogens is 206 g/mol. The van der Waals surface area contributed by atoms with Gasteiger partial charge in [0.2, 0.25) is 0 Å². The molecule has 1 aromatic carbocycles. The van der Waals surface area contributed by atoms with Crippen molar-refractivity contribution >= 4 is 16.7 Å². The number of nitro benzene ring substituents is 1. The summed E-state index contributed by atoms with van der Waals surface area (Å²) in [5, 5.41) is 10.7. The lowest BCUT2D eigenvalue weighted by Crippen LogP contribution is -2.20. The van der Waals surface area contributed by atoms with E-state index in [-0.39, 0.29) is 16.1 Å². The molecular formula is C11H13N3O2. The average molecular weight is 219 g/mol. The first-order valence-electron chi connectivity index (χ1n) is 5.01. The summed E-state index contributed by atoms with van der Waals surface area (Å²) in [6, 6.07) is 4.71. The van der Waals surface area contributed by atoms with Gasteiger partial charge in [-0.3, -0.25) is 10.1 Å². The Balaban J connectivity index is 2.70. The summed E-state index contributed by atoms with van der Waals surface area (Å²) < 4.78 is 1.94. The fourth-order valence-electron chi connectivity index (χ4n) is 1.64. The van der Waals surface area contributed by atoms with E-state index in [1.807, 2.05) is 25.3 Å². The van der Waals surface area contributed by atoms with Crippen molar-refractivity contribution in [1.82, 2.24) is 9.55 Å². The number of benzene rings is 1. The Bertz CT molecular complexity index is 552. The largest absolute Gasteiger partial charge is 0.325 e. The number of nitro groups is 1. The molecule has 0 atom stereocenters. The molecule has 0 bridgehead atoms. The Hall–Kier alpha value is -1.91. The molecule has 0 spiro atoms. The lowest BCUT2D eigenvalue weighted by atomic mass is 10.1. The minimum atomic E-state index is -0.389. The van der Waals surface area contributed by atoms with Gasteiger partial charge in [-0.1, -0.05) is 0 Å². The van der Waals surface area contributed by atoms with Gasteiger partial charge < -0.3 is 4.57 Å². The van der Waals surface area contributed by atoms with Crippen LogP contribution in [0.4, 0.5) is 5.69 Å². The maximum atomic E-state index is 10.7. The van der Waals surface area contributed by atoms with E-state index in [0.717, 1.165) is 11.0 Å². The van der Waals surface area contributed by atoms with Crippen molar-refractivity contribution in [2.24, 2.45) is 0 Å². The molecule has 0 amide bonds. The number of nitrogens with zero attached hydrogens (tertiary/aromatic N) is 3. The lowest BCUT2D eigenvalue weighted by molar-refractivity contribution is -0.384. The number of fused-ring (bicyclic) bond motifs is 1. The predicted octanol–water partition coefficient (Wildman–Crippen LogP) is 2.70. The van der Waals surface area contributed by atoms with E-state index in [2.05, 4.69) is 4.98 Å². The first-order valence-corrected chi connectivity index (χ1v) is 5.01. The molecule has 0 saturated carbocycles. The third-order valence-corrected chi connectivity index (χ3v) is 2.46. The predicted molar refractivity (Wildman–Crippen MR) is 61.4 cm³/mol. The molecule has 5 heteroatoms. The van der Waals surface area contributed by atoms with Crippen molar-refractivity contribution in [2.75, 3.05) is 0 Å². The van der Waals surface area contributed by atoms with Crippen LogP contribution in [0.3, 0.4) is 0 Å². The second-order valence-electron chi connectivity index (χ2n) is 4.72. The van der Waals surface area contributed by atoms with Gasteiger partial charge in [-0.05, 0) is 26.8 Å². The summed E-state index contributed by atoms with van der Waals surface area (Å²) in [6.45, 7) is 6.10. The molecule has 2 rings (SSSR count). The third kappa shape index (κ3) is 1.64. The van der Waals surface area contributed by atoms with Gasteiger partial charge in [0.25, 0.3) is 5.69 Å². The van der Waals surface area contributed by atoms with Crippen molar-refractivity contribution in [3.05, 3.63) is 34.6 Å². The molecule has 0 aliphatic heterocycles. The SMILES string of the molecule is CC(C)(C)n1cnc2ccc([N+](=O)[O-])cc21. The lowest BCUT2D eigenvalue weighted by Gasteiger charge is -2.21. The normalized spacial score (nSPS) is 11.9. The monoisotopic (exact) mass is 219 g/mol. The summed E-state index contributed by atoms with van der Waals surface area (Å²) in [5.41, 5.74) is 1.53. The number of aromatic nitrogens is 2. The van der Waals surface area contributed by atoms with E-state index in [4.69, 9.17) is 0 Å². The van der Waals surface area contributed by atoms with Crippen molar-refractivity contribution in [2.45, 2.75) is 26.3 Å². The number of imidazole rings is 1. The van der Waals surface area contributed by atoms with Crippen LogP contribution in [-0.4, -0.2) is 14.5 Å². The topological polar surface area (TPSA) is 61.0 Å². The second kappa shape index (κ2) is 3.30. The molecule has 0 aliphatic rings. The van der Waals surface area contributed by atoms with Gasteiger partial charge in [-0.25, -0.2) is 4.98 Å². The Labute approximate surface area is 92.9 Å². The van der Waals surface area contributed by atoms with E-state index in [1.165, 1.54) is 6.07 Å². The second-order valence-corrected chi connectivity index (χ2v) is 4.72. The minimum Gasteiger partial charge on any atom is -0.325 e. The quantitative estimate of drug-likeness (QED) is 0.547. The van der Waals surface area contributed by atoms with E-state index >= 15 is 0 Å². The van der Waals surface area contributed by atoms with Gasteiger partial charge in [-0.15, -0.1) is 0 Å². The molecule has 1 aromatic heterocycles. The summed E-state index contributed by atoms with van der Waals surface area (Å²) in [5.74, 6) is 0. The summed E-state index contributed by atoms with van der Waals surface area (Å²) >= 11 is 0. The molecule has 1 heterocycles. The van der Waals surface area contributed by atoms with Gasteiger partial charge in [0.05, 0.1) is 22.3 Å². The van der Waals surface area contributed by atoms with Gasteiger partial charge in [0.1, 0.15) is 0 Å². The van der Waals surface area contributed by atoms with Crippen LogP contribution in [0.25, 0.3) is 11.0 Å². The fraction of sp³-hybridized carbons (Fsp3) is 0.364. The van der Waals surface area contributed by atoms with Gasteiger partial charge in [0, 0.05) is 17.7 Å². The highest BCUT2D eigenvalue weighted by molar-refractivity contribution is 5.78. The van der Waals surface area contributed by atoms with Crippen LogP contribution >= 0.6 is 0 Å². The summed E-state index contributed by atoms with van der Waals surface area (Å²) in [7, 11) is 0. The molecule has 0 saturated heterocycles. The smallest absolute Gasteiger partial charge is 0.271 e. The first-order chi connectivity index (χ1) is 7.39. The number of hydrogen-bond donors (Lipinski definition) is 0. The molecule has 5 nitrogen and oxygen atoms in total. The van der Waals surface area contributed by atoms with Gasteiger partial charge in [-0.2, -0.15) is 0 Å². The minimum absolute atomic E-state index is 0.0958. The third-order valence-electron chi connectivity index (χ3n) is 2.46. The highest BCUT2D eigenvalue weighted by Gasteiger charge is 2.17. The van der Waals surface area contributed by atoms with Crippen molar-refractivity contribution in [3.63, 3.8) is 0 Å². The maximum Gasteiger partial charge on any atom is 0.271 e. The zero-order chi connectivity index (χ0) is 11.9. The van der Waals surface area contributed by atoms with Crippen LogP contribution in [0, 0.1) is 10.1 Å². The molecule has 0 N–H and O–H groups in total. The van der Waals surface area contributed by atoms with Crippen LogP contribution in [0.15, 0.2) is 24.5 Å². The van der Waals surface area contributed by atoms with E-state index in [0.29, 0.717) is 0 Å². The molecule has 16 heavy (non-hydrogen) atoms. The highest BCUT2D eigenvalue weighted by atomic mass is 16.6. The highest BCUT2D eigenvalue weighted by Crippen LogP contribution is 2.25. The van der Waals surface area contributed by atoms with Crippen LogP contribution in [-0.2, 0) is 5.54 Å². The molecule has 2 aromatic rings. The van der Waals surface area contributed by atoms with Crippen molar-refractivity contribution in [1.29, 1.82) is 0 Å². The molecule has 0 aliphatic carbocycles. The van der Waals surface area contributed by atoms with Gasteiger partial charge in [0.15, 0.2) is 0 Å². The number of non-ortho nitro benzene ring substituents is 1. The Kier molecular flexibility index (Phi) is 2.18. The van der Waals surface area contributed by atoms with Crippen LogP contribution in [0.5, 0.6) is 0 Å². The standard InChI is InChI=1S/C11H13N3O2/c1-11(2,3)13-7-12-9-5-4-8(14(15)16)6-10(9)13/h4-7H,1-3H3. The summed E-state index contributed by atoms with van der Waals surface area (Å²) in [6.07, 6.45) is 1.72. The molecule has 0 unspecified atom stereocenters. The Morgan fingerprint density at radius 3 is 2.62 bits per heavy atom.